The van der Waals surface area contributed by atoms with Crippen molar-refractivity contribution in [2.24, 2.45) is 0 Å². The number of thiophene rings is 1. The van der Waals surface area contributed by atoms with E-state index in [4.69, 9.17) is 16.7 Å². The number of nitrogens with zero attached hydrogens (tertiary/aromatic N) is 2. The summed E-state index contributed by atoms with van der Waals surface area (Å²) in [6, 6.07) is 7.92. The van der Waals surface area contributed by atoms with Crippen LogP contribution < -0.4 is 0 Å². The van der Waals surface area contributed by atoms with Crippen molar-refractivity contribution < 1.29 is 9.90 Å². The first-order valence-electron chi connectivity index (χ1n) is 6.10. The summed E-state index contributed by atoms with van der Waals surface area (Å²) in [5, 5.41) is 12.2. The van der Waals surface area contributed by atoms with Gasteiger partial charge in [0.05, 0.1) is 11.1 Å². The maximum absolute atomic E-state index is 10.6. The number of aliphatic carboxylic acids is 1. The Morgan fingerprint density at radius 1 is 1.32 bits per heavy atom. The van der Waals surface area contributed by atoms with E-state index in [9.17, 15) is 4.79 Å². The molecule has 0 spiro atoms. The van der Waals surface area contributed by atoms with Crippen LogP contribution in [0.5, 0.6) is 0 Å². The Kier molecular flexibility index (Phi) is 4.67. The van der Waals surface area contributed by atoms with E-state index in [0.717, 1.165) is 37.6 Å². The van der Waals surface area contributed by atoms with E-state index >= 15 is 0 Å². The minimum atomic E-state index is -0.911. The minimum absolute atomic E-state index is 0.0905. The summed E-state index contributed by atoms with van der Waals surface area (Å²) in [6.45, 7) is 0. The average Bonchev–Trinajstić information content (AvgIpc) is 2.90. The van der Waals surface area contributed by atoms with Crippen molar-refractivity contribution in [1.29, 1.82) is 0 Å². The largest absolute Gasteiger partial charge is 0.481 e. The third kappa shape index (κ3) is 3.27. The predicted octanol–water partition coefficient (Wildman–Crippen LogP) is 4.95. The summed E-state index contributed by atoms with van der Waals surface area (Å²) >= 11 is 12.2. The van der Waals surface area contributed by atoms with Crippen LogP contribution in [-0.4, -0.2) is 26.8 Å². The van der Waals surface area contributed by atoms with Gasteiger partial charge in [0.1, 0.15) is 9.98 Å². The number of benzene rings is 1. The van der Waals surface area contributed by atoms with Crippen molar-refractivity contribution in [3.63, 3.8) is 0 Å². The van der Waals surface area contributed by atoms with Crippen LogP contribution in [0.1, 0.15) is 0 Å². The second-order valence-electron chi connectivity index (χ2n) is 4.32. The molecular weight excluding hydrogens is 408 g/mol. The maximum Gasteiger partial charge on any atom is 0.313 e. The Morgan fingerprint density at radius 3 is 2.73 bits per heavy atom. The molecule has 0 aliphatic heterocycles. The summed E-state index contributed by atoms with van der Waals surface area (Å²) in [4.78, 5) is 20.0. The molecule has 2 heterocycles. The lowest BCUT2D eigenvalue weighted by Crippen LogP contribution is -1.99. The quantitative estimate of drug-likeness (QED) is 0.371. The van der Waals surface area contributed by atoms with Crippen LogP contribution in [-0.2, 0) is 4.79 Å². The van der Waals surface area contributed by atoms with Gasteiger partial charge in [-0.1, -0.05) is 51.4 Å². The summed E-state index contributed by atoms with van der Waals surface area (Å²) < 4.78 is 1.01. The zero-order valence-electron chi connectivity index (χ0n) is 10.9. The average molecular weight is 416 g/mol. The van der Waals surface area contributed by atoms with E-state index in [1.165, 1.54) is 11.3 Å². The molecular formula is C14H8BrClN2O2S2. The van der Waals surface area contributed by atoms with E-state index in [2.05, 4.69) is 25.9 Å². The van der Waals surface area contributed by atoms with Gasteiger partial charge >= 0.3 is 5.97 Å². The third-order valence-electron chi connectivity index (χ3n) is 2.85. The molecule has 0 saturated heterocycles. The molecule has 0 aliphatic carbocycles. The molecule has 2 aromatic heterocycles. The molecule has 22 heavy (non-hydrogen) atoms. The van der Waals surface area contributed by atoms with E-state index in [1.54, 1.807) is 0 Å². The number of hydrogen-bond donors (Lipinski definition) is 1. The van der Waals surface area contributed by atoms with Gasteiger partial charge in [0.15, 0.2) is 5.16 Å². The molecule has 0 saturated carbocycles. The summed E-state index contributed by atoms with van der Waals surface area (Å²) in [6.07, 6.45) is 0. The standard InChI is InChI=1S/C14H8BrClN2O2S2/c15-8-3-1-7(2-4-8)9-5-21-13-11(9)12(16)17-14(18-13)22-6-10(19)20/h1-5H,6H2,(H,19,20). The summed E-state index contributed by atoms with van der Waals surface area (Å²) in [5.74, 6) is -1.00. The molecule has 0 bridgehead atoms. The van der Waals surface area contributed by atoms with Crippen LogP contribution in [0.15, 0.2) is 39.3 Å². The Hall–Kier alpha value is -1.15. The number of fused-ring (bicyclic) bond motifs is 1. The van der Waals surface area contributed by atoms with Gasteiger partial charge in [-0.3, -0.25) is 4.79 Å². The Balaban J connectivity index is 2.04. The highest BCUT2D eigenvalue weighted by atomic mass is 79.9. The third-order valence-corrected chi connectivity index (χ3v) is 5.36. The summed E-state index contributed by atoms with van der Waals surface area (Å²) in [7, 11) is 0. The molecule has 0 unspecified atom stereocenters. The second-order valence-corrected chi connectivity index (χ2v) is 7.39. The van der Waals surface area contributed by atoms with Crippen LogP contribution in [0.2, 0.25) is 5.15 Å². The smallest absolute Gasteiger partial charge is 0.313 e. The molecule has 8 heteroatoms. The molecule has 0 atom stereocenters. The van der Waals surface area contributed by atoms with Crippen LogP contribution in [0.3, 0.4) is 0 Å². The van der Waals surface area contributed by atoms with Gasteiger partial charge in [-0.25, -0.2) is 9.97 Å². The zero-order valence-corrected chi connectivity index (χ0v) is 14.9. The first-order valence-corrected chi connectivity index (χ1v) is 9.13. The van der Waals surface area contributed by atoms with Crippen LogP contribution in [0, 0.1) is 0 Å². The number of carboxylic acid groups (broad SMARTS) is 1. The molecule has 0 aliphatic rings. The number of rotatable bonds is 4. The minimum Gasteiger partial charge on any atom is -0.481 e. The highest BCUT2D eigenvalue weighted by molar-refractivity contribution is 9.10. The molecule has 3 aromatic rings. The highest BCUT2D eigenvalue weighted by Crippen LogP contribution is 2.37. The molecule has 1 N–H and O–H groups in total. The fraction of sp³-hybridized carbons (Fsp3) is 0.0714. The van der Waals surface area contributed by atoms with Gasteiger partial charge in [0.25, 0.3) is 0 Å². The lowest BCUT2D eigenvalue weighted by atomic mass is 10.1. The number of halogens is 2. The molecule has 112 valence electrons. The Bertz CT molecular complexity index is 852. The van der Waals surface area contributed by atoms with E-state index in [-0.39, 0.29) is 5.75 Å². The fourth-order valence-electron chi connectivity index (χ4n) is 1.91. The topological polar surface area (TPSA) is 63.1 Å². The molecule has 4 nitrogen and oxygen atoms in total. The Labute approximate surface area is 147 Å². The number of aromatic nitrogens is 2. The van der Waals surface area contributed by atoms with Crippen molar-refractivity contribution in [2.75, 3.05) is 5.75 Å². The zero-order chi connectivity index (χ0) is 15.7. The van der Waals surface area contributed by atoms with Crippen LogP contribution >= 0.6 is 50.6 Å². The molecule has 0 fully saturated rings. The molecule has 0 radical (unpaired) electrons. The SMILES string of the molecule is O=C(O)CSc1nc(Cl)c2c(-c3ccc(Br)cc3)csc2n1. The van der Waals surface area contributed by atoms with Crippen molar-refractivity contribution in [1.82, 2.24) is 9.97 Å². The van der Waals surface area contributed by atoms with Crippen LogP contribution in [0.25, 0.3) is 21.3 Å². The number of carbonyl (C=O) groups is 1. The molecule has 1 aromatic carbocycles. The van der Waals surface area contributed by atoms with Crippen molar-refractivity contribution in [3.05, 3.63) is 39.3 Å². The van der Waals surface area contributed by atoms with E-state index in [0.29, 0.717) is 10.3 Å². The normalized spacial score (nSPS) is 11.0. The van der Waals surface area contributed by atoms with Crippen molar-refractivity contribution in [3.8, 4) is 11.1 Å². The van der Waals surface area contributed by atoms with E-state index in [1.807, 2.05) is 29.6 Å². The van der Waals surface area contributed by atoms with Gasteiger partial charge in [-0.2, -0.15) is 0 Å². The van der Waals surface area contributed by atoms with Gasteiger partial charge in [-0.05, 0) is 17.7 Å². The lowest BCUT2D eigenvalue weighted by molar-refractivity contribution is -0.133. The van der Waals surface area contributed by atoms with Gasteiger partial charge in [0.2, 0.25) is 0 Å². The highest BCUT2D eigenvalue weighted by Gasteiger charge is 2.15. The Morgan fingerprint density at radius 2 is 2.05 bits per heavy atom. The van der Waals surface area contributed by atoms with Crippen molar-refractivity contribution in [2.45, 2.75) is 5.16 Å². The van der Waals surface area contributed by atoms with Crippen LogP contribution in [0.4, 0.5) is 0 Å². The first-order chi connectivity index (χ1) is 10.5. The maximum atomic E-state index is 10.6. The van der Waals surface area contributed by atoms with Gasteiger partial charge in [0, 0.05) is 15.4 Å². The lowest BCUT2D eigenvalue weighted by Gasteiger charge is -2.03. The molecule has 0 amide bonds. The van der Waals surface area contributed by atoms with Gasteiger partial charge in [-0.15, -0.1) is 11.3 Å². The number of thioether (sulfide) groups is 1. The second kappa shape index (κ2) is 6.54. The number of hydrogen-bond acceptors (Lipinski definition) is 5. The van der Waals surface area contributed by atoms with E-state index < -0.39 is 5.97 Å². The van der Waals surface area contributed by atoms with Crippen molar-refractivity contribution >= 4 is 66.8 Å². The molecule has 3 rings (SSSR count). The first kappa shape index (κ1) is 15.7. The monoisotopic (exact) mass is 414 g/mol. The predicted molar refractivity (Wildman–Crippen MR) is 93.9 cm³/mol. The fourth-order valence-corrected chi connectivity index (χ4v) is 4.12. The summed E-state index contributed by atoms with van der Waals surface area (Å²) in [5.41, 5.74) is 2.01. The number of carboxylic acids is 1. The van der Waals surface area contributed by atoms with Gasteiger partial charge < -0.3 is 5.11 Å².